The Morgan fingerprint density at radius 2 is 2.11 bits per heavy atom. The van der Waals surface area contributed by atoms with E-state index in [1.54, 1.807) is 21.0 Å². The third kappa shape index (κ3) is 3.26. The van der Waals surface area contributed by atoms with Crippen molar-refractivity contribution in [3.8, 4) is 5.75 Å². The van der Waals surface area contributed by atoms with Crippen LogP contribution >= 0.6 is 0 Å². The largest absolute Gasteiger partial charge is 0.497 e. The fourth-order valence-electron chi connectivity index (χ4n) is 2.21. The number of ether oxygens (including phenoxy) is 1. The number of rotatable bonds is 6. The first-order valence-corrected chi connectivity index (χ1v) is 6.47. The molecule has 1 aromatic rings. The summed E-state index contributed by atoms with van der Waals surface area (Å²) in [6.07, 6.45) is 0.783. The van der Waals surface area contributed by atoms with Crippen LogP contribution in [0, 0.1) is 5.41 Å². The van der Waals surface area contributed by atoms with E-state index in [-0.39, 0.29) is 5.92 Å². The number of carboxylic acid groups (broad SMARTS) is 1. The van der Waals surface area contributed by atoms with Gasteiger partial charge in [-0.2, -0.15) is 0 Å². The van der Waals surface area contributed by atoms with E-state index < -0.39 is 17.4 Å². The molecule has 0 amide bonds. The van der Waals surface area contributed by atoms with E-state index in [0.717, 1.165) is 17.7 Å². The Morgan fingerprint density at radius 1 is 1.47 bits per heavy atom. The van der Waals surface area contributed by atoms with Crippen molar-refractivity contribution in [2.75, 3.05) is 7.11 Å². The van der Waals surface area contributed by atoms with E-state index in [0.29, 0.717) is 0 Å². The highest BCUT2D eigenvalue weighted by Crippen LogP contribution is 2.34. The van der Waals surface area contributed by atoms with Gasteiger partial charge in [0.2, 0.25) is 0 Å². The highest BCUT2D eigenvalue weighted by molar-refractivity contribution is 5.74. The zero-order chi connectivity index (χ0) is 14.6. The number of nitrogens with two attached hydrogens (primary N) is 1. The molecule has 106 valence electrons. The zero-order valence-electron chi connectivity index (χ0n) is 12.0. The Labute approximate surface area is 114 Å². The molecule has 0 aliphatic heterocycles. The second kappa shape index (κ2) is 6.06. The van der Waals surface area contributed by atoms with E-state index in [1.807, 2.05) is 31.2 Å². The molecule has 2 atom stereocenters. The minimum Gasteiger partial charge on any atom is -0.497 e. The summed E-state index contributed by atoms with van der Waals surface area (Å²) < 4.78 is 5.21. The number of carboxylic acids is 1. The van der Waals surface area contributed by atoms with Crippen LogP contribution in [0.15, 0.2) is 24.3 Å². The topological polar surface area (TPSA) is 72.5 Å². The maximum atomic E-state index is 11.3. The minimum atomic E-state index is -0.968. The van der Waals surface area contributed by atoms with Crippen LogP contribution in [0.5, 0.6) is 5.75 Å². The molecular formula is C15H23NO3. The zero-order valence-corrected chi connectivity index (χ0v) is 12.0. The highest BCUT2D eigenvalue weighted by Gasteiger charge is 2.39. The van der Waals surface area contributed by atoms with E-state index in [2.05, 4.69) is 0 Å². The van der Waals surface area contributed by atoms with Gasteiger partial charge in [-0.05, 0) is 43.9 Å². The van der Waals surface area contributed by atoms with Crippen molar-refractivity contribution < 1.29 is 14.6 Å². The third-order valence-electron chi connectivity index (χ3n) is 3.78. The van der Waals surface area contributed by atoms with Gasteiger partial charge in [-0.15, -0.1) is 0 Å². The van der Waals surface area contributed by atoms with Gasteiger partial charge in [0, 0.05) is 6.04 Å². The molecule has 0 spiro atoms. The molecule has 0 aromatic heterocycles. The summed E-state index contributed by atoms with van der Waals surface area (Å²) in [5.74, 6) is -0.126. The summed E-state index contributed by atoms with van der Waals surface area (Å²) in [7, 11) is 1.61. The van der Waals surface area contributed by atoms with Crippen molar-refractivity contribution in [1.82, 2.24) is 0 Å². The number of benzene rings is 1. The molecule has 0 aliphatic rings. The Hall–Kier alpha value is -1.55. The van der Waals surface area contributed by atoms with Gasteiger partial charge < -0.3 is 15.6 Å². The smallest absolute Gasteiger partial charge is 0.310 e. The highest BCUT2D eigenvalue weighted by atomic mass is 16.5. The van der Waals surface area contributed by atoms with Gasteiger partial charge in [-0.25, -0.2) is 0 Å². The maximum Gasteiger partial charge on any atom is 0.310 e. The molecule has 2 unspecified atom stereocenters. The van der Waals surface area contributed by atoms with Crippen LogP contribution in [0.1, 0.15) is 38.7 Å². The summed E-state index contributed by atoms with van der Waals surface area (Å²) in [6, 6.07) is 7.20. The summed E-state index contributed by atoms with van der Waals surface area (Å²) in [6.45, 7) is 5.35. The normalized spacial score (nSPS) is 14.8. The monoisotopic (exact) mass is 265 g/mol. The van der Waals surface area contributed by atoms with Crippen LogP contribution in [0.3, 0.4) is 0 Å². The summed E-state index contributed by atoms with van der Waals surface area (Å²) in [5, 5.41) is 9.30. The fraction of sp³-hybridized carbons (Fsp3) is 0.533. The molecule has 0 heterocycles. The Balaban J connectivity index is 3.09. The van der Waals surface area contributed by atoms with Crippen molar-refractivity contribution in [3.05, 3.63) is 29.8 Å². The maximum absolute atomic E-state index is 11.3. The van der Waals surface area contributed by atoms with Crippen LogP contribution in [0.4, 0.5) is 0 Å². The van der Waals surface area contributed by atoms with E-state index in [1.165, 1.54) is 0 Å². The summed E-state index contributed by atoms with van der Waals surface area (Å²) in [4.78, 5) is 11.3. The third-order valence-corrected chi connectivity index (χ3v) is 3.78. The number of hydrogen-bond acceptors (Lipinski definition) is 3. The van der Waals surface area contributed by atoms with E-state index in [9.17, 15) is 9.90 Å². The Morgan fingerprint density at radius 3 is 2.58 bits per heavy atom. The van der Waals surface area contributed by atoms with Crippen LogP contribution in [0.25, 0.3) is 0 Å². The van der Waals surface area contributed by atoms with Crippen molar-refractivity contribution in [2.24, 2.45) is 11.1 Å². The van der Waals surface area contributed by atoms with Gasteiger partial charge in [0.25, 0.3) is 0 Å². The predicted molar refractivity (Wildman–Crippen MR) is 75.4 cm³/mol. The van der Waals surface area contributed by atoms with Crippen molar-refractivity contribution in [1.29, 1.82) is 0 Å². The second-order valence-corrected chi connectivity index (χ2v) is 5.34. The first kappa shape index (κ1) is 15.5. The second-order valence-electron chi connectivity index (χ2n) is 5.34. The van der Waals surface area contributed by atoms with E-state index >= 15 is 0 Å². The predicted octanol–water partition coefficient (Wildman–Crippen LogP) is 2.63. The molecule has 0 fully saturated rings. The molecule has 0 bridgehead atoms. The van der Waals surface area contributed by atoms with Gasteiger partial charge in [-0.1, -0.05) is 19.1 Å². The number of methoxy groups -OCH3 is 1. The minimum absolute atomic E-state index is 0.0128. The number of carbonyl (C=O) groups is 1. The number of hydrogen-bond donors (Lipinski definition) is 2. The molecule has 19 heavy (non-hydrogen) atoms. The van der Waals surface area contributed by atoms with Crippen LogP contribution in [-0.2, 0) is 4.79 Å². The average molecular weight is 265 g/mol. The van der Waals surface area contributed by atoms with Crippen LogP contribution < -0.4 is 10.5 Å². The molecule has 3 N–H and O–H groups in total. The van der Waals surface area contributed by atoms with Crippen LogP contribution in [-0.4, -0.2) is 24.2 Å². The molecular weight excluding hydrogens is 242 g/mol. The molecule has 4 nitrogen and oxygen atoms in total. The molecule has 4 heteroatoms. The molecule has 0 radical (unpaired) electrons. The fourth-order valence-corrected chi connectivity index (χ4v) is 2.21. The summed E-state index contributed by atoms with van der Waals surface area (Å²) >= 11 is 0. The Kier molecular flexibility index (Phi) is 4.95. The quantitative estimate of drug-likeness (QED) is 0.829. The standard InChI is InChI=1S/C15H23NO3/c1-5-12(13(16)15(2,3)14(17)18)10-7-6-8-11(9-10)19-4/h6-9,12-13H,5,16H2,1-4H3,(H,17,18). The van der Waals surface area contributed by atoms with Gasteiger partial charge in [0.1, 0.15) is 5.75 Å². The molecule has 1 rings (SSSR count). The lowest BCUT2D eigenvalue weighted by molar-refractivity contribution is -0.148. The van der Waals surface area contributed by atoms with Crippen LogP contribution in [0.2, 0.25) is 0 Å². The molecule has 0 saturated carbocycles. The first-order valence-electron chi connectivity index (χ1n) is 6.47. The Bertz CT molecular complexity index is 443. The number of aliphatic carboxylic acids is 1. The molecule has 1 aromatic carbocycles. The van der Waals surface area contributed by atoms with Crippen molar-refractivity contribution in [3.63, 3.8) is 0 Å². The van der Waals surface area contributed by atoms with Gasteiger partial charge >= 0.3 is 5.97 Å². The van der Waals surface area contributed by atoms with E-state index in [4.69, 9.17) is 10.5 Å². The molecule has 0 aliphatic carbocycles. The lowest BCUT2D eigenvalue weighted by atomic mass is 9.74. The van der Waals surface area contributed by atoms with Gasteiger partial charge in [0.05, 0.1) is 12.5 Å². The van der Waals surface area contributed by atoms with Gasteiger partial charge in [0.15, 0.2) is 0 Å². The lowest BCUT2D eigenvalue weighted by Gasteiger charge is -2.33. The lowest BCUT2D eigenvalue weighted by Crippen LogP contribution is -2.47. The summed E-state index contributed by atoms with van der Waals surface area (Å²) in [5.41, 5.74) is 6.26. The van der Waals surface area contributed by atoms with Crippen molar-refractivity contribution in [2.45, 2.75) is 39.2 Å². The van der Waals surface area contributed by atoms with Crippen molar-refractivity contribution >= 4 is 5.97 Å². The van der Waals surface area contributed by atoms with Gasteiger partial charge in [-0.3, -0.25) is 4.79 Å². The first-order chi connectivity index (χ1) is 8.84. The SMILES string of the molecule is CCC(c1cccc(OC)c1)C(N)C(C)(C)C(=O)O. The average Bonchev–Trinajstić information content (AvgIpc) is 2.39. The molecule has 0 saturated heterocycles.